The van der Waals surface area contributed by atoms with Crippen molar-refractivity contribution in [2.75, 3.05) is 5.73 Å². The van der Waals surface area contributed by atoms with Gasteiger partial charge >= 0.3 is 0 Å². The zero-order valence-corrected chi connectivity index (χ0v) is 9.50. The van der Waals surface area contributed by atoms with E-state index >= 15 is 0 Å². The molecule has 0 aromatic carbocycles. The largest absolute Gasteiger partial charge is 0.382 e. The zero-order valence-electron chi connectivity index (χ0n) is 9.50. The first-order chi connectivity index (χ1) is 7.29. The van der Waals surface area contributed by atoms with Gasteiger partial charge in [0.25, 0.3) is 0 Å². The van der Waals surface area contributed by atoms with E-state index in [-0.39, 0.29) is 0 Å². The number of H-pyrrole nitrogens is 1. The number of nitrogens with one attached hydrogen (secondary N) is 1. The van der Waals surface area contributed by atoms with Crippen LogP contribution >= 0.6 is 0 Å². The van der Waals surface area contributed by atoms with E-state index in [0.29, 0.717) is 11.7 Å². The van der Waals surface area contributed by atoms with E-state index in [4.69, 9.17) is 5.73 Å². The monoisotopic (exact) mass is 207 g/mol. The van der Waals surface area contributed by atoms with E-state index in [1.54, 1.807) is 0 Å². The van der Waals surface area contributed by atoms with E-state index in [0.717, 1.165) is 5.92 Å². The summed E-state index contributed by atoms with van der Waals surface area (Å²) in [5.74, 6) is 2.21. The molecular formula is C12H21N3. The van der Waals surface area contributed by atoms with Crippen molar-refractivity contribution in [3.63, 3.8) is 0 Å². The predicted octanol–water partition coefficient (Wildman–Crippen LogP) is 3.09. The van der Waals surface area contributed by atoms with Gasteiger partial charge in [0.15, 0.2) is 0 Å². The summed E-state index contributed by atoms with van der Waals surface area (Å²) in [7, 11) is 0. The van der Waals surface area contributed by atoms with E-state index < -0.39 is 0 Å². The molecular weight excluding hydrogens is 186 g/mol. The molecule has 2 atom stereocenters. The molecule has 1 saturated carbocycles. The molecule has 84 valence electrons. The molecule has 3 N–H and O–H groups in total. The van der Waals surface area contributed by atoms with Crippen LogP contribution in [0.4, 0.5) is 5.82 Å². The quantitative estimate of drug-likeness (QED) is 0.732. The molecule has 1 aromatic rings. The van der Waals surface area contributed by atoms with E-state index in [9.17, 15) is 0 Å². The summed E-state index contributed by atoms with van der Waals surface area (Å²) in [4.78, 5) is 0. The first kappa shape index (κ1) is 11.8. The van der Waals surface area contributed by atoms with Crippen molar-refractivity contribution in [1.29, 1.82) is 0 Å². The smallest absolute Gasteiger partial charge is 0.145 e. The van der Waals surface area contributed by atoms with Gasteiger partial charge in [0.2, 0.25) is 0 Å². The highest BCUT2D eigenvalue weighted by atomic mass is 15.2. The van der Waals surface area contributed by atoms with Crippen LogP contribution in [-0.4, -0.2) is 10.2 Å². The van der Waals surface area contributed by atoms with Crippen molar-refractivity contribution >= 4 is 5.82 Å². The van der Waals surface area contributed by atoms with E-state index in [1.165, 1.54) is 31.4 Å². The third-order valence-corrected chi connectivity index (χ3v) is 3.18. The maximum absolute atomic E-state index is 5.57. The average molecular weight is 207 g/mol. The topological polar surface area (TPSA) is 54.7 Å². The van der Waals surface area contributed by atoms with Crippen molar-refractivity contribution in [3.8, 4) is 0 Å². The minimum atomic E-state index is 0.620. The summed E-state index contributed by atoms with van der Waals surface area (Å²) in [5, 5.41) is 6.98. The Morgan fingerprint density at radius 2 is 2.27 bits per heavy atom. The molecule has 0 aliphatic heterocycles. The highest BCUT2D eigenvalue weighted by Crippen LogP contribution is 2.39. The fourth-order valence-corrected chi connectivity index (χ4v) is 2.29. The van der Waals surface area contributed by atoms with E-state index in [2.05, 4.69) is 30.3 Å². The zero-order chi connectivity index (χ0) is 11.3. The maximum Gasteiger partial charge on any atom is 0.145 e. The number of hydrogen-bond acceptors (Lipinski definition) is 2. The summed E-state index contributed by atoms with van der Waals surface area (Å²) in [6.45, 7) is 8.27. The van der Waals surface area contributed by atoms with Gasteiger partial charge < -0.3 is 5.73 Å². The van der Waals surface area contributed by atoms with Crippen molar-refractivity contribution in [3.05, 3.63) is 24.9 Å². The Morgan fingerprint density at radius 1 is 1.53 bits per heavy atom. The number of hydrogen-bond donors (Lipinski definition) is 2. The molecule has 0 amide bonds. The molecule has 1 fully saturated rings. The molecule has 1 heterocycles. The Balaban J connectivity index is 0.000000531. The van der Waals surface area contributed by atoms with Crippen molar-refractivity contribution in [2.45, 2.75) is 38.5 Å². The van der Waals surface area contributed by atoms with Crippen molar-refractivity contribution in [2.24, 2.45) is 5.92 Å². The lowest BCUT2D eigenvalue weighted by atomic mass is 10.0. The second-order valence-electron chi connectivity index (χ2n) is 4.03. The molecule has 3 heteroatoms. The second-order valence-corrected chi connectivity index (χ2v) is 4.03. The Labute approximate surface area is 91.8 Å². The second kappa shape index (κ2) is 5.59. The lowest BCUT2D eigenvalue weighted by Gasteiger charge is -2.06. The van der Waals surface area contributed by atoms with Crippen LogP contribution in [0.15, 0.2) is 19.2 Å². The third-order valence-electron chi connectivity index (χ3n) is 3.18. The lowest BCUT2D eigenvalue weighted by Crippen LogP contribution is -1.95. The number of nitrogens with two attached hydrogens (primary N) is 1. The minimum absolute atomic E-state index is 0.620. The van der Waals surface area contributed by atoms with Gasteiger partial charge in [0, 0.05) is 17.7 Å². The van der Waals surface area contributed by atoms with Crippen LogP contribution in [0, 0.1) is 5.92 Å². The predicted molar refractivity (Wildman–Crippen MR) is 64.6 cm³/mol. The molecule has 0 saturated heterocycles. The lowest BCUT2D eigenvalue weighted by molar-refractivity contribution is 0.519. The van der Waals surface area contributed by atoms with Crippen molar-refractivity contribution in [1.82, 2.24) is 10.2 Å². The third kappa shape index (κ3) is 2.85. The molecule has 3 nitrogen and oxygen atoms in total. The number of aromatic amines is 1. The molecule has 1 aromatic heterocycles. The van der Waals surface area contributed by atoms with Crippen LogP contribution in [0.5, 0.6) is 0 Å². The minimum Gasteiger partial charge on any atom is -0.382 e. The van der Waals surface area contributed by atoms with Gasteiger partial charge in [0.05, 0.1) is 0 Å². The molecule has 0 spiro atoms. The molecule has 0 bridgehead atoms. The first-order valence-electron chi connectivity index (χ1n) is 5.60. The summed E-state index contributed by atoms with van der Waals surface area (Å²) in [6.07, 6.45) is 5.26. The Morgan fingerprint density at radius 3 is 2.73 bits per heavy atom. The number of rotatable bonds is 2. The maximum atomic E-state index is 5.57. The van der Waals surface area contributed by atoms with Gasteiger partial charge in [0.1, 0.15) is 5.82 Å². The van der Waals surface area contributed by atoms with Gasteiger partial charge in [-0.2, -0.15) is 5.10 Å². The van der Waals surface area contributed by atoms with Crippen molar-refractivity contribution < 1.29 is 0 Å². The SMILES string of the molecule is C=C.CCC1CCC(c2cc(N)n[nH]2)C1. The van der Waals surface area contributed by atoms with Gasteiger partial charge in [-0.05, 0) is 25.2 Å². The van der Waals surface area contributed by atoms with E-state index in [1.807, 2.05) is 6.07 Å². The van der Waals surface area contributed by atoms with Gasteiger partial charge in [-0.1, -0.05) is 13.3 Å². The number of anilines is 1. The molecule has 15 heavy (non-hydrogen) atoms. The average Bonchev–Trinajstić information content (AvgIpc) is 2.88. The summed E-state index contributed by atoms with van der Waals surface area (Å²) >= 11 is 0. The molecule has 2 rings (SSSR count). The van der Waals surface area contributed by atoms with Crippen LogP contribution in [0.25, 0.3) is 0 Å². The molecule has 2 unspecified atom stereocenters. The normalized spacial score (nSPS) is 24.6. The number of aromatic nitrogens is 2. The number of nitrogens with zero attached hydrogens (tertiary/aromatic N) is 1. The molecule has 1 aliphatic rings. The summed E-state index contributed by atoms with van der Waals surface area (Å²) in [5.41, 5.74) is 6.80. The Kier molecular flexibility index (Phi) is 4.40. The van der Waals surface area contributed by atoms with Gasteiger partial charge in [-0.25, -0.2) is 0 Å². The highest BCUT2D eigenvalue weighted by molar-refractivity contribution is 5.30. The molecule has 0 radical (unpaired) electrons. The van der Waals surface area contributed by atoms with Crippen LogP contribution < -0.4 is 5.73 Å². The van der Waals surface area contributed by atoms with Crippen LogP contribution in [0.1, 0.15) is 44.2 Å². The van der Waals surface area contributed by atoms with Gasteiger partial charge in [-0.15, -0.1) is 13.2 Å². The van der Waals surface area contributed by atoms with Crippen LogP contribution in [-0.2, 0) is 0 Å². The summed E-state index contributed by atoms with van der Waals surface area (Å²) < 4.78 is 0. The number of nitrogen functional groups attached to an aromatic ring is 1. The Bertz CT molecular complexity index is 293. The first-order valence-corrected chi connectivity index (χ1v) is 5.60. The Hall–Kier alpha value is -1.25. The fourth-order valence-electron chi connectivity index (χ4n) is 2.29. The molecule has 1 aliphatic carbocycles. The highest BCUT2D eigenvalue weighted by Gasteiger charge is 2.25. The van der Waals surface area contributed by atoms with Gasteiger partial charge in [-0.3, -0.25) is 5.10 Å². The van der Waals surface area contributed by atoms with Crippen LogP contribution in [0.3, 0.4) is 0 Å². The standard InChI is InChI=1S/C10H17N3.C2H4/c1-2-7-3-4-8(5-7)9-6-10(11)13-12-9;1-2/h6-8H,2-5H2,1H3,(H3,11,12,13);1-2H2. The van der Waals surface area contributed by atoms with Crippen LogP contribution in [0.2, 0.25) is 0 Å². The summed E-state index contributed by atoms with van der Waals surface area (Å²) in [6, 6.07) is 1.97. The fraction of sp³-hybridized carbons (Fsp3) is 0.583.